The van der Waals surface area contributed by atoms with Crippen molar-refractivity contribution in [3.05, 3.63) is 28.8 Å². The molecule has 5 heteroatoms. The summed E-state index contributed by atoms with van der Waals surface area (Å²) in [6.07, 6.45) is 6.05. The van der Waals surface area contributed by atoms with Crippen LogP contribution >= 0.6 is 11.6 Å². The Morgan fingerprint density at radius 2 is 1.83 bits per heavy atom. The minimum atomic E-state index is -0.440. The zero-order chi connectivity index (χ0) is 16.7. The molecule has 1 saturated carbocycles. The van der Waals surface area contributed by atoms with Gasteiger partial charge in [0, 0.05) is 5.02 Å². The third kappa shape index (κ3) is 6.22. The number of carbonyl (C=O) groups is 2. The fraction of sp³-hybridized carbons (Fsp3) is 0.556. The zero-order valence-corrected chi connectivity index (χ0v) is 14.2. The minimum absolute atomic E-state index is 0.0194. The molecule has 0 spiro atoms. The van der Waals surface area contributed by atoms with Crippen molar-refractivity contribution in [3.63, 3.8) is 0 Å². The molecule has 4 nitrogen and oxygen atoms in total. The second-order valence-corrected chi connectivity index (χ2v) is 6.51. The summed E-state index contributed by atoms with van der Waals surface area (Å²) in [5.41, 5.74) is 0.783. The first-order chi connectivity index (χ1) is 11.0. The summed E-state index contributed by atoms with van der Waals surface area (Å²) in [6, 6.07) is 5.04. The number of aryl methyl sites for hydroxylation is 1. The molecule has 0 saturated heterocycles. The largest absolute Gasteiger partial charge is 0.465 e. The lowest BCUT2D eigenvalue weighted by atomic mass is 9.90. The third-order valence-electron chi connectivity index (χ3n) is 4.10. The molecule has 1 aromatic carbocycles. The fourth-order valence-electron chi connectivity index (χ4n) is 2.74. The van der Waals surface area contributed by atoms with Gasteiger partial charge in [-0.3, -0.25) is 9.59 Å². The summed E-state index contributed by atoms with van der Waals surface area (Å²) in [6.45, 7) is 2.29. The maximum Gasteiger partial charge on any atom is 0.311 e. The lowest BCUT2D eigenvalue weighted by Crippen LogP contribution is -2.18. The molecule has 0 unspecified atom stereocenters. The van der Waals surface area contributed by atoms with Gasteiger partial charge in [0.15, 0.2) is 0 Å². The number of ether oxygens (including phenoxy) is 2. The van der Waals surface area contributed by atoms with Crippen LogP contribution in [-0.4, -0.2) is 18.5 Å². The van der Waals surface area contributed by atoms with E-state index in [4.69, 9.17) is 21.1 Å². The van der Waals surface area contributed by atoms with E-state index in [1.165, 1.54) is 19.3 Å². The molecule has 1 fully saturated rings. The van der Waals surface area contributed by atoms with Gasteiger partial charge in [0.2, 0.25) is 0 Å². The Kier molecular flexibility index (Phi) is 6.90. The molecular formula is C18H23ClO4. The number of benzene rings is 1. The normalized spacial score (nSPS) is 15.2. The summed E-state index contributed by atoms with van der Waals surface area (Å²) >= 11 is 5.85. The van der Waals surface area contributed by atoms with E-state index in [0.717, 1.165) is 18.4 Å². The second kappa shape index (κ2) is 8.92. The van der Waals surface area contributed by atoms with Gasteiger partial charge < -0.3 is 9.47 Å². The fourth-order valence-corrected chi connectivity index (χ4v) is 2.97. The van der Waals surface area contributed by atoms with Gasteiger partial charge in [0.05, 0.1) is 19.4 Å². The van der Waals surface area contributed by atoms with E-state index in [1.54, 1.807) is 18.2 Å². The molecule has 0 aromatic heterocycles. The van der Waals surface area contributed by atoms with Crippen LogP contribution in [0.2, 0.25) is 5.02 Å². The molecule has 0 bridgehead atoms. The van der Waals surface area contributed by atoms with E-state index in [1.807, 2.05) is 6.92 Å². The number of carbonyl (C=O) groups excluding carboxylic acids is 2. The number of esters is 2. The van der Waals surface area contributed by atoms with Crippen molar-refractivity contribution in [1.82, 2.24) is 0 Å². The second-order valence-electron chi connectivity index (χ2n) is 6.07. The first-order valence-electron chi connectivity index (χ1n) is 8.17. The molecule has 0 aliphatic heterocycles. The van der Waals surface area contributed by atoms with Crippen LogP contribution in [0.3, 0.4) is 0 Å². The predicted octanol–water partition coefficient (Wildman–Crippen LogP) is 4.46. The van der Waals surface area contributed by atoms with Crippen molar-refractivity contribution in [2.24, 2.45) is 5.92 Å². The number of halogens is 1. The van der Waals surface area contributed by atoms with Crippen molar-refractivity contribution in [1.29, 1.82) is 0 Å². The van der Waals surface area contributed by atoms with Crippen molar-refractivity contribution in [2.45, 2.75) is 51.9 Å². The van der Waals surface area contributed by atoms with E-state index >= 15 is 0 Å². The molecule has 1 aromatic rings. The topological polar surface area (TPSA) is 52.6 Å². The summed E-state index contributed by atoms with van der Waals surface area (Å²) in [4.78, 5) is 23.5. The predicted molar refractivity (Wildman–Crippen MR) is 88.6 cm³/mol. The van der Waals surface area contributed by atoms with E-state index in [0.29, 0.717) is 23.3 Å². The third-order valence-corrected chi connectivity index (χ3v) is 4.33. The molecule has 0 atom stereocenters. The van der Waals surface area contributed by atoms with Crippen molar-refractivity contribution >= 4 is 23.5 Å². The van der Waals surface area contributed by atoms with E-state index < -0.39 is 5.97 Å². The average molecular weight is 339 g/mol. The van der Waals surface area contributed by atoms with Crippen LogP contribution in [-0.2, 0) is 14.3 Å². The van der Waals surface area contributed by atoms with Gasteiger partial charge in [-0.1, -0.05) is 30.9 Å². The highest BCUT2D eigenvalue weighted by molar-refractivity contribution is 6.30. The van der Waals surface area contributed by atoms with Crippen LogP contribution in [0.1, 0.15) is 50.5 Å². The van der Waals surface area contributed by atoms with E-state index in [2.05, 4.69) is 0 Å². The van der Waals surface area contributed by atoms with Crippen molar-refractivity contribution < 1.29 is 19.1 Å². The monoisotopic (exact) mass is 338 g/mol. The molecule has 1 aliphatic rings. The number of hydrogen-bond donors (Lipinski definition) is 0. The minimum Gasteiger partial charge on any atom is -0.465 e. The van der Waals surface area contributed by atoms with Crippen LogP contribution in [0.15, 0.2) is 18.2 Å². The average Bonchev–Trinajstić information content (AvgIpc) is 2.54. The van der Waals surface area contributed by atoms with E-state index in [9.17, 15) is 9.59 Å². The molecule has 0 N–H and O–H groups in total. The molecule has 126 valence electrons. The van der Waals surface area contributed by atoms with Crippen molar-refractivity contribution in [2.75, 3.05) is 6.61 Å². The molecule has 0 amide bonds. The van der Waals surface area contributed by atoms with Gasteiger partial charge in [-0.25, -0.2) is 0 Å². The maximum absolute atomic E-state index is 11.8. The van der Waals surface area contributed by atoms with Gasteiger partial charge in [-0.15, -0.1) is 0 Å². The van der Waals surface area contributed by atoms with Gasteiger partial charge in [-0.2, -0.15) is 0 Å². The standard InChI is InChI=1S/C18H23ClO4/c1-13-11-15(19)7-8-16(13)23-18(21)10-9-17(20)22-12-14-5-3-2-4-6-14/h7-8,11,14H,2-6,9-10,12H2,1H3. The Balaban J connectivity index is 1.68. The Labute approximate surface area is 142 Å². The van der Waals surface area contributed by atoms with Crippen LogP contribution in [0.4, 0.5) is 0 Å². The Morgan fingerprint density at radius 1 is 1.13 bits per heavy atom. The van der Waals surface area contributed by atoms with Gasteiger partial charge >= 0.3 is 11.9 Å². The first kappa shape index (κ1) is 17.8. The molecule has 0 heterocycles. The molecule has 23 heavy (non-hydrogen) atoms. The highest BCUT2D eigenvalue weighted by Gasteiger charge is 2.16. The summed E-state index contributed by atoms with van der Waals surface area (Å²) in [5.74, 6) is 0.178. The first-order valence-corrected chi connectivity index (χ1v) is 8.55. The summed E-state index contributed by atoms with van der Waals surface area (Å²) in [5, 5.41) is 0.591. The SMILES string of the molecule is Cc1cc(Cl)ccc1OC(=O)CCC(=O)OCC1CCCCC1. The Morgan fingerprint density at radius 3 is 2.52 bits per heavy atom. The van der Waals surface area contributed by atoms with Crippen LogP contribution in [0.5, 0.6) is 5.75 Å². The van der Waals surface area contributed by atoms with Gasteiger partial charge in [0.25, 0.3) is 0 Å². The quantitative estimate of drug-likeness (QED) is 0.567. The smallest absolute Gasteiger partial charge is 0.311 e. The number of rotatable bonds is 6. The molecular weight excluding hydrogens is 316 g/mol. The summed E-state index contributed by atoms with van der Waals surface area (Å²) in [7, 11) is 0. The van der Waals surface area contributed by atoms with Crippen molar-refractivity contribution in [3.8, 4) is 5.75 Å². The van der Waals surface area contributed by atoms with Crippen LogP contribution in [0, 0.1) is 12.8 Å². The molecule has 0 radical (unpaired) electrons. The Bertz CT molecular complexity index is 550. The van der Waals surface area contributed by atoms with Crippen LogP contribution < -0.4 is 4.74 Å². The zero-order valence-electron chi connectivity index (χ0n) is 13.5. The lowest BCUT2D eigenvalue weighted by molar-refractivity contribution is -0.148. The Hall–Kier alpha value is -1.55. The van der Waals surface area contributed by atoms with Gasteiger partial charge in [0.1, 0.15) is 5.75 Å². The maximum atomic E-state index is 11.8. The van der Waals surface area contributed by atoms with Crippen LogP contribution in [0.25, 0.3) is 0 Å². The van der Waals surface area contributed by atoms with Gasteiger partial charge in [-0.05, 0) is 49.4 Å². The molecule has 2 rings (SSSR count). The summed E-state index contributed by atoms with van der Waals surface area (Å²) < 4.78 is 10.5. The highest BCUT2D eigenvalue weighted by Crippen LogP contribution is 2.24. The lowest BCUT2D eigenvalue weighted by Gasteiger charge is -2.20. The number of hydrogen-bond acceptors (Lipinski definition) is 4. The van der Waals surface area contributed by atoms with E-state index in [-0.39, 0.29) is 18.8 Å². The highest BCUT2D eigenvalue weighted by atomic mass is 35.5. The molecule has 1 aliphatic carbocycles.